The van der Waals surface area contributed by atoms with Crippen LogP contribution in [0.3, 0.4) is 0 Å². The van der Waals surface area contributed by atoms with Gasteiger partial charge in [0.2, 0.25) is 5.91 Å². The van der Waals surface area contributed by atoms with E-state index in [4.69, 9.17) is 16.3 Å². The highest BCUT2D eigenvalue weighted by Gasteiger charge is 2.16. The summed E-state index contributed by atoms with van der Waals surface area (Å²) in [5.74, 6) is 0.949. The van der Waals surface area contributed by atoms with Gasteiger partial charge in [-0.05, 0) is 24.3 Å². The number of para-hydroxylation sites is 1. The molecule has 0 bridgehead atoms. The zero-order valence-electron chi connectivity index (χ0n) is 13.6. The van der Waals surface area contributed by atoms with Gasteiger partial charge in [0.1, 0.15) is 11.5 Å². The molecule has 0 radical (unpaired) electrons. The van der Waals surface area contributed by atoms with Gasteiger partial charge < -0.3 is 15.2 Å². The molecule has 1 amide bonds. The van der Waals surface area contributed by atoms with E-state index < -0.39 is 0 Å². The van der Waals surface area contributed by atoms with Crippen LogP contribution in [-0.2, 0) is 4.79 Å². The van der Waals surface area contributed by atoms with Crippen LogP contribution in [0.5, 0.6) is 11.5 Å². The van der Waals surface area contributed by atoms with Crippen molar-refractivity contribution in [1.82, 2.24) is 5.32 Å². The summed E-state index contributed by atoms with van der Waals surface area (Å²) in [6.07, 6.45) is 1.35. The largest absolute Gasteiger partial charge is 0.507 e. The Morgan fingerprint density at radius 2 is 2.19 bits per heavy atom. The van der Waals surface area contributed by atoms with Crippen molar-refractivity contribution < 1.29 is 14.6 Å². The number of hydrogen-bond acceptors (Lipinski definition) is 7. The number of amides is 1. The monoisotopic (exact) mass is 407 g/mol. The first-order valence-corrected chi connectivity index (χ1v) is 9.62. The maximum atomic E-state index is 11.1. The summed E-state index contributed by atoms with van der Waals surface area (Å²) in [7, 11) is 1.61. The first-order valence-electron chi connectivity index (χ1n) is 7.44. The zero-order valence-corrected chi connectivity index (χ0v) is 16.0. The summed E-state index contributed by atoms with van der Waals surface area (Å²) in [5.41, 5.74) is 0.356. The molecule has 1 aliphatic rings. The lowest BCUT2D eigenvalue weighted by molar-refractivity contribution is -0.116. The maximum absolute atomic E-state index is 11.1. The Kier molecular flexibility index (Phi) is 6.08. The van der Waals surface area contributed by atoms with Crippen LogP contribution in [-0.4, -0.2) is 35.3 Å². The highest BCUT2D eigenvalue weighted by atomic mass is 35.5. The number of halogens is 1. The molecule has 9 heteroatoms. The van der Waals surface area contributed by atoms with Gasteiger partial charge in [-0.15, -0.1) is 5.10 Å². The molecule has 3 rings (SSSR count). The second-order valence-electron chi connectivity index (χ2n) is 5.08. The SMILES string of the molecule is COc1ccccc1Sc1cc(O)c(C=NN=C2NC(=O)CS2)c(Cl)c1. The third-order valence-corrected chi connectivity index (χ3v) is 5.50. The molecule has 1 saturated heterocycles. The molecular formula is C17H14ClN3O3S2. The number of phenolic OH excluding ortho intramolecular Hbond substituents is 1. The number of amidine groups is 1. The fourth-order valence-electron chi connectivity index (χ4n) is 2.11. The second kappa shape index (κ2) is 8.48. The lowest BCUT2D eigenvalue weighted by atomic mass is 10.2. The Morgan fingerprint density at radius 1 is 1.38 bits per heavy atom. The van der Waals surface area contributed by atoms with E-state index in [0.29, 0.717) is 21.5 Å². The zero-order chi connectivity index (χ0) is 18.5. The van der Waals surface area contributed by atoms with E-state index in [2.05, 4.69) is 15.5 Å². The van der Waals surface area contributed by atoms with E-state index in [1.54, 1.807) is 19.2 Å². The van der Waals surface area contributed by atoms with Crippen molar-refractivity contribution in [2.24, 2.45) is 10.2 Å². The topological polar surface area (TPSA) is 83.3 Å². The van der Waals surface area contributed by atoms with Crippen LogP contribution in [0, 0.1) is 0 Å². The van der Waals surface area contributed by atoms with E-state index in [9.17, 15) is 9.90 Å². The number of benzene rings is 2. The number of rotatable bonds is 5. The van der Waals surface area contributed by atoms with Gasteiger partial charge in [-0.2, -0.15) is 5.10 Å². The van der Waals surface area contributed by atoms with Crippen molar-refractivity contribution in [3.8, 4) is 11.5 Å². The van der Waals surface area contributed by atoms with Gasteiger partial charge in [-0.3, -0.25) is 4.79 Å². The molecule has 1 aliphatic heterocycles. The molecule has 26 heavy (non-hydrogen) atoms. The molecule has 0 aliphatic carbocycles. The van der Waals surface area contributed by atoms with Crippen molar-refractivity contribution in [1.29, 1.82) is 0 Å². The summed E-state index contributed by atoms with van der Waals surface area (Å²) in [6.45, 7) is 0. The minimum absolute atomic E-state index is 0.0121. The van der Waals surface area contributed by atoms with Gasteiger partial charge in [0.05, 0.1) is 34.6 Å². The standard InChI is InChI=1S/C17H14ClN3O3S2/c1-24-14-4-2-3-5-15(14)26-10-6-12(18)11(13(22)7-10)8-19-21-17-20-16(23)9-25-17/h2-8,22H,9H2,1H3,(H,20,21,23). The van der Waals surface area contributed by atoms with Gasteiger partial charge in [0.25, 0.3) is 0 Å². The lowest BCUT2D eigenvalue weighted by Gasteiger charge is -2.09. The molecule has 1 fully saturated rings. The molecule has 0 atom stereocenters. The van der Waals surface area contributed by atoms with Crippen molar-refractivity contribution in [3.63, 3.8) is 0 Å². The number of aromatic hydroxyl groups is 1. The molecule has 0 saturated carbocycles. The summed E-state index contributed by atoms with van der Waals surface area (Å²) in [6, 6.07) is 10.9. The number of thioether (sulfide) groups is 1. The van der Waals surface area contributed by atoms with Gasteiger partial charge in [0.15, 0.2) is 5.17 Å². The first-order chi connectivity index (χ1) is 12.6. The van der Waals surface area contributed by atoms with Crippen LogP contribution in [0.15, 0.2) is 56.4 Å². The van der Waals surface area contributed by atoms with E-state index in [1.807, 2.05) is 24.3 Å². The number of carbonyl (C=O) groups is 1. The fraction of sp³-hybridized carbons (Fsp3) is 0.118. The number of ether oxygens (including phenoxy) is 1. The van der Waals surface area contributed by atoms with Crippen LogP contribution in [0.25, 0.3) is 0 Å². The van der Waals surface area contributed by atoms with Crippen molar-refractivity contribution in [2.45, 2.75) is 9.79 Å². The minimum Gasteiger partial charge on any atom is -0.507 e. The number of carbonyl (C=O) groups excluding carboxylic acids is 1. The van der Waals surface area contributed by atoms with E-state index in [0.717, 1.165) is 15.5 Å². The average Bonchev–Trinajstić information content (AvgIpc) is 3.03. The summed E-state index contributed by atoms with van der Waals surface area (Å²) < 4.78 is 5.33. The summed E-state index contributed by atoms with van der Waals surface area (Å²) >= 11 is 8.97. The maximum Gasteiger partial charge on any atom is 0.236 e. The molecule has 2 N–H and O–H groups in total. The molecule has 0 unspecified atom stereocenters. The molecule has 2 aromatic rings. The third kappa shape index (κ3) is 4.51. The first kappa shape index (κ1) is 18.6. The van der Waals surface area contributed by atoms with Crippen LogP contribution in [0.1, 0.15) is 5.56 Å². The van der Waals surface area contributed by atoms with E-state index >= 15 is 0 Å². The molecule has 134 valence electrons. The summed E-state index contributed by atoms with van der Waals surface area (Å²) in [5, 5.41) is 21.4. The highest BCUT2D eigenvalue weighted by Crippen LogP contribution is 2.38. The van der Waals surface area contributed by atoms with E-state index in [1.165, 1.54) is 29.7 Å². The molecule has 0 aromatic heterocycles. The van der Waals surface area contributed by atoms with Crippen LogP contribution in [0.4, 0.5) is 0 Å². The highest BCUT2D eigenvalue weighted by molar-refractivity contribution is 8.15. The Hall–Kier alpha value is -2.16. The average molecular weight is 408 g/mol. The number of methoxy groups -OCH3 is 1. The fourth-order valence-corrected chi connectivity index (χ4v) is 4.07. The smallest absolute Gasteiger partial charge is 0.236 e. The Labute approximate surface area is 163 Å². The summed E-state index contributed by atoms with van der Waals surface area (Å²) in [4.78, 5) is 12.8. The Bertz CT molecular complexity index is 880. The van der Waals surface area contributed by atoms with Crippen LogP contribution >= 0.6 is 35.1 Å². The number of hydrogen-bond donors (Lipinski definition) is 2. The number of phenols is 1. The van der Waals surface area contributed by atoms with Crippen molar-refractivity contribution >= 4 is 52.4 Å². The number of nitrogens with zero attached hydrogens (tertiary/aromatic N) is 2. The quantitative estimate of drug-likeness (QED) is 0.582. The number of nitrogens with one attached hydrogen (secondary N) is 1. The van der Waals surface area contributed by atoms with Gasteiger partial charge in [0, 0.05) is 4.90 Å². The van der Waals surface area contributed by atoms with Gasteiger partial charge >= 0.3 is 0 Å². The van der Waals surface area contributed by atoms with Gasteiger partial charge in [-0.25, -0.2) is 0 Å². The lowest BCUT2D eigenvalue weighted by Crippen LogP contribution is -2.19. The predicted octanol–water partition coefficient (Wildman–Crippen LogP) is 3.76. The third-order valence-electron chi connectivity index (χ3n) is 3.30. The van der Waals surface area contributed by atoms with Gasteiger partial charge in [-0.1, -0.05) is 47.3 Å². The Balaban J connectivity index is 1.79. The molecule has 6 nitrogen and oxygen atoms in total. The molecule has 0 spiro atoms. The van der Waals surface area contributed by atoms with Crippen LogP contribution < -0.4 is 10.1 Å². The second-order valence-corrected chi connectivity index (χ2v) is 7.56. The minimum atomic E-state index is -0.109. The predicted molar refractivity (Wildman–Crippen MR) is 106 cm³/mol. The molecule has 2 aromatic carbocycles. The normalized spacial score (nSPS) is 15.6. The Morgan fingerprint density at radius 3 is 2.88 bits per heavy atom. The van der Waals surface area contributed by atoms with Crippen LogP contribution in [0.2, 0.25) is 5.02 Å². The molecular weight excluding hydrogens is 394 g/mol. The van der Waals surface area contributed by atoms with Crippen molar-refractivity contribution in [2.75, 3.05) is 12.9 Å². The van der Waals surface area contributed by atoms with E-state index in [-0.39, 0.29) is 11.7 Å². The van der Waals surface area contributed by atoms with Crippen molar-refractivity contribution in [3.05, 3.63) is 47.0 Å². The molecule has 1 heterocycles.